The molecule has 2 N–H and O–H groups in total. The van der Waals surface area contributed by atoms with Crippen LogP contribution in [-0.4, -0.2) is 51.1 Å². The Labute approximate surface area is 86.0 Å². The molecule has 1 saturated carbocycles. The Kier molecular flexibility index (Phi) is 4.90. The van der Waals surface area contributed by atoms with E-state index in [2.05, 4.69) is 15.5 Å². The second-order valence-corrected chi connectivity index (χ2v) is 4.23. The minimum absolute atomic E-state index is 0.104. The molecule has 1 aliphatic rings. The summed E-state index contributed by atoms with van der Waals surface area (Å²) >= 11 is 0. The zero-order chi connectivity index (χ0) is 10.4. The molecule has 1 fully saturated rings. The van der Waals surface area contributed by atoms with E-state index in [1.807, 2.05) is 14.1 Å². The van der Waals surface area contributed by atoms with E-state index in [1.54, 1.807) is 0 Å². The first kappa shape index (κ1) is 11.5. The molecule has 0 unspecified atom stereocenters. The number of nitrogens with zero attached hydrogens (tertiary/aromatic N) is 1. The molecule has 1 amide bonds. The van der Waals surface area contributed by atoms with Crippen molar-refractivity contribution in [3.05, 3.63) is 0 Å². The number of amides is 1. The summed E-state index contributed by atoms with van der Waals surface area (Å²) in [5.41, 5.74) is 0. The van der Waals surface area contributed by atoms with Crippen LogP contribution in [0.25, 0.3) is 0 Å². The lowest BCUT2D eigenvalue weighted by atomic mass is 10.4. The molecule has 0 bridgehead atoms. The van der Waals surface area contributed by atoms with Gasteiger partial charge < -0.3 is 15.5 Å². The lowest BCUT2D eigenvalue weighted by molar-refractivity contribution is -0.120. The van der Waals surface area contributed by atoms with Crippen molar-refractivity contribution in [2.45, 2.75) is 12.8 Å². The van der Waals surface area contributed by atoms with Gasteiger partial charge in [0.25, 0.3) is 0 Å². The maximum Gasteiger partial charge on any atom is 0.234 e. The van der Waals surface area contributed by atoms with E-state index in [0.717, 1.165) is 25.6 Å². The van der Waals surface area contributed by atoms with Gasteiger partial charge in [-0.05, 0) is 39.4 Å². The van der Waals surface area contributed by atoms with Crippen molar-refractivity contribution in [2.24, 2.45) is 5.92 Å². The Bertz CT molecular complexity index is 168. The fraction of sp³-hybridized carbons (Fsp3) is 0.900. The van der Waals surface area contributed by atoms with Crippen molar-refractivity contribution in [1.82, 2.24) is 15.5 Å². The Hall–Kier alpha value is -0.610. The fourth-order valence-corrected chi connectivity index (χ4v) is 1.19. The minimum Gasteiger partial charge on any atom is -0.354 e. The lowest BCUT2D eigenvalue weighted by Crippen LogP contribution is -2.37. The van der Waals surface area contributed by atoms with Gasteiger partial charge in [0.1, 0.15) is 0 Å². The SMILES string of the molecule is CN(C)CCNC(=O)CNCC1CC1. The van der Waals surface area contributed by atoms with Gasteiger partial charge in [-0.1, -0.05) is 0 Å². The molecule has 4 heteroatoms. The molecule has 4 nitrogen and oxygen atoms in total. The average molecular weight is 199 g/mol. The topological polar surface area (TPSA) is 44.4 Å². The van der Waals surface area contributed by atoms with Gasteiger partial charge in [0.05, 0.1) is 6.54 Å². The highest BCUT2D eigenvalue weighted by atomic mass is 16.1. The standard InChI is InChI=1S/C10H21N3O/c1-13(2)6-5-12-10(14)8-11-7-9-3-4-9/h9,11H,3-8H2,1-2H3,(H,12,14). The van der Waals surface area contributed by atoms with Crippen LogP contribution in [0, 0.1) is 5.92 Å². The van der Waals surface area contributed by atoms with E-state index in [0.29, 0.717) is 6.54 Å². The smallest absolute Gasteiger partial charge is 0.234 e. The van der Waals surface area contributed by atoms with Gasteiger partial charge in [-0.2, -0.15) is 0 Å². The van der Waals surface area contributed by atoms with Crippen LogP contribution in [0.1, 0.15) is 12.8 Å². The van der Waals surface area contributed by atoms with Gasteiger partial charge in [0.2, 0.25) is 5.91 Å². The third-order valence-electron chi connectivity index (χ3n) is 2.30. The highest BCUT2D eigenvalue weighted by Gasteiger charge is 2.20. The van der Waals surface area contributed by atoms with Crippen molar-refractivity contribution in [3.8, 4) is 0 Å². The van der Waals surface area contributed by atoms with Gasteiger partial charge in [0, 0.05) is 13.1 Å². The van der Waals surface area contributed by atoms with Crippen LogP contribution in [0.2, 0.25) is 0 Å². The zero-order valence-corrected chi connectivity index (χ0v) is 9.18. The van der Waals surface area contributed by atoms with Crippen LogP contribution in [0.5, 0.6) is 0 Å². The molecular weight excluding hydrogens is 178 g/mol. The van der Waals surface area contributed by atoms with E-state index in [1.165, 1.54) is 12.8 Å². The van der Waals surface area contributed by atoms with E-state index < -0.39 is 0 Å². The molecule has 0 atom stereocenters. The molecule has 0 saturated heterocycles. The third-order valence-corrected chi connectivity index (χ3v) is 2.30. The Morgan fingerprint density at radius 3 is 2.71 bits per heavy atom. The van der Waals surface area contributed by atoms with Gasteiger partial charge >= 0.3 is 0 Å². The molecule has 0 heterocycles. The predicted molar refractivity (Wildman–Crippen MR) is 57.2 cm³/mol. The monoisotopic (exact) mass is 199 g/mol. The molecule has 0 aliphatic heterocycles. The first-order chi connectivity index (χ1) is 6.68. The molecule has 0 aromatic heterocycles. The Balaban J connectivity index is 1.87. The molecule has 14 heavy (non-hydrogen) atoms. The number of rotatable bonds is 7. The maximum absolute atomic E-state index is 11.2. The van der Waals surface area contributed by atoms with Crippen LogP contribution in [-0.2, 0) is 4.79 Å². The van der Waals surface area contributed by atoms with Gasteiger partial charge in [-0.3, -0.25) is 4.79 Å². The second-order valence-electron chi connectivity index (χ2n) is 4.23. The minimum atomic E-state index is 0.104. The molecule has 1 rings (SSSR count). The molecule has 82 valence electrons. The summed E-state index contributed by atoms with van der Waals surface area (Å²) in [4.78, 5) is 13.3. The van der Waals surface area contributed by atoms with Crippen molar-refractivity contribution < 1.29 is 4.79 Å². The summed E-state index contributed by atoms with van der Waals surface area (Å²) in [5.74, 6) is 0.942. The van der Waals surface area contributed by atoms with E-state index in [-0.39, 0.29) is 5.91 Å². The number of nitrogens with one attached hydrogen (secondary N) is 2. The van der Waals surface area contributed by atoms with E-state index in [4.69, 9.17) is 0 Å². The van der Waals surface area contributed by atoms with Gasteiger partial charge in [0.15, 0.2) is 0 Å². The molecule has 0 spiro atoms. The average Bonchev–Trinajstić information content (AvgIpc) is 2.87. The second kappa shape index (κ2) is 5.98. The van der Waals surface area contributed by atoms with Crippen molar-refractivity contribution in [3.63, 3.8) is 0 Å². The normalized spacial score (nSPS) is 15.9. The quantitative estimate of drug-likeness (QED) is 0.590. The van der Waals surface area contributed by atoms with Crippen LogP contribution in [0.3, 0.4) is 0 Å². The molecule has 0 aromatic rings. The number of hydrogen-bond acceptors (Lipinski definition) is 3. The third kappa shape index (κ3) is 5.94. The highest BCUT2D eigenvalue weighted by Crippen LogP contribution is 2.27. The first-order valence-corrected chi connectivity index (χ1v) is 5.30. The molecule has 1 aliphatic carbocycles. The van der Waals surface area contributed by atoms with Crippen molar-refractivity contribution in [1.29, 1.82) is 0 Å². The molecule has 0 radical (unpaired) electrons. The number of carbonyl (C=O) groups excluding carboxylic acids is 1. The molecular formula is C10H21N3O. The predicted octanol–water partition coefficient (Wildman–Crippen LogP) is -0.336. The van der Waals surface area contributed by atoms with Crippen LogP contribution < -0.4 is 10.6 Å². The largest absolute Gasteiger partial charge is 0.354 e. The summed E-state index contributed by atoms with van der Waals surface area (Å²) in [7, 11) is 4.00. The highest BCUT2D eigenvalue weighted by molar-refractivity contribution is 5.77. The Morgan fingerprint density at radius 2 is 2.14 bits per heavy atom. The Morgan fingerprint density at radius 1 is 1.43 bits per heavy atom. The summed E-state index contributed by atoms with van der Waals surface area (Å²) in [5, 5.41) is 6.02. The van der Waals surface area contributed by atoms with Gasteiger partial charge in [-0.15, -0.1) is 0 Å². The maximum atomic E-state index is 11.2. The van der Waals surface area contributed by atoms with E-state index in [9.17, 15) is 4.79 Å². The lowest BCUT2D eigenvalue weighted by Gasteiger charge is -2.10. The number of carbonyl (C=O) groups is 1. The zero-order valence-electron chi connectivity index (χ0n) is 9.18. The number of hydrogen-bond donors (Lipinski definition) is 2. The summed E-state index contributed by atoms with van der Waals surface area (Å²) in [6, 6.07) is 0. The summed E-state index contributed by atoms with van der Waals surface area (Å²) < 4.78 is 0. The molecule has 0 aromatic carbocycles. The summed E-state index contributed by atoms with van der Waals surface area (Å²) in [6.07, 6.45) is 2.66. The van der Waals surface area contributed by atoms with Crippen LogP contribution >= 0.6 is 0 Å². The first-order valence-electron chi connectivity index (χ1n) is 5.30. The van der Waals surface area contributed by atoms with Crippen molar-refractivity contribution in [2.75, 3.05) is 40.3 Å². The van der Waals surface area contributed by atoms with Gasteiger partial charge in [-0.25, -0.2) is 0 Å². The van der Waals surface area contributed by atoms with Crippen LogP contribution in [0.4, 0.5) is 0 Å². The van der Waals surface area contributed by atoms with Crippen molar-refractivity contribution >= 4 is 5.91 Å². The van der Waals surface area contributed by atoms with E-state index >= 15 is 0 Å². The fourth-order valence-electron chi connectivity index (χ4n) is 1.19. The number of likely N-dealkylation sites (N-methyl/N-ethyl adjacent to an activating group) is 1. The van der Waals surface area contributed by atoms with Crippen LogP contribution in [0.15, 0.2) is 0 Å². The summed E-state index contributed by atoms with van der Waals surface area (Å²) in [6.45, 7) is 3.09.